The number of amides is 2. The zero-order valence-corrected chi connectivity index (χ0v) is 20.3. The Bertz CT molecular complexity index is 1270. The van der Waals surface area contributed by atoms with Crippen LogP contribution < -0.4 is 15.4 Å². The van der Waals surface area contributed by atoms with Gasteiger partial charge in [-0.25, -0.2) is 13.1 Å². The van der Waals surface area contributed by atoms with Crippen molar-refractivity contribution in [1.29, 1.82) is 0 Å². The minimum atomic E-state index is -3.69. The summed E-state index contributed by atoms with van der Waals surface area (Å²) in [5, 5.41) is 5.72. The van der Waals surface area contributed by atoms with Crippen molar-refractivity contribution < 1.29 is 18.0 Å². The molecule has 3 aromatic rings. The third-order valence-electron chi connectivity index (χ3n) is 5.49. The summed E-state index contributed by atoms with van der Waals surface area (Å²) in [5.41, 5.74) is 3.88. The quantitative estimate of drug-likeness (QED) is 0.430. The second-order valence-corrected chi connectivity index (χ2v) is 9.90. The fraction of sp³-hybridized carbons (Fsp3) is 0.231. The molecule has 3 rings (SSSR count). The highest BCUT2D eigenvalue weighted by atomic mass is 32.2. The second-order valence-electron chi connectivity index (χ2n) is 8.13. The molecule has 0 aliphatic rings. The van der Waals surface area contributed by atoms with Crippen molar-refractivity contribution in [1.82, 2.24) is 10.0 Å². The van der Waals surface area contributed by atoms with Crippen LogP contribution >= 0.6 is 0 Å². The van der Waals surface area contributed by atoms with Gasteiger partial charge in [-0.05, 0) is 73.9 Å². The molecule has 0 fully saturated rings. The van der Waals surface area contributed by atoms with Gasteiger partial charge in [0.2, 0.25) is 15.9 Å². The van der Waals surface area contributed by atoms with Crippen LogP contribution in [-0.4, -0.2) is 26.8 Å². The van der Waals surface area contributed by atoms with Gasteiger partial charge in [0.25, 0.3) is 5.91 Å². The van der Waals surface area contributed by atoms with Crippen molar-refractivity contribution in [2.24, 2.45) is 0 Å². The SMILES string of the molecule is Cc1ccc(S(=O)(=O)NCCC(=O)NC(C)c2cccc(NC(=O)c3ccccc3)c2)cc1C. The van der Waals surface area contributed by atoms with E-state index in [0.717, 1.165) is 16.7 Å². The fourth-order valence-corrected chi connectivity index (χ4v) is 4.46. The lowest BCUT2D eigenvalue weighted by molar-refractivity contribution is -0.121. The van der Waals surface area contributed by atoms with Gasteiger partial charge in [0, 0.05) is 24.2 Å². The number of nitrogens with one attached hydrogen (secondary N) is 3. The molecule has 0 heterocycles. The molecule has 0 spiro atoms. The van der Waals surface area contributed by atoms with Crippen LogP contribution in [0.3, 0.4) is 0 Å². The van der Waals surface area contributed by atoms with E-state index in [1.165, 1.54) is 0 Å². The second kappa shape index (κ2) is 11.1. The number of carbonyl (C=O) groups is 2. The first kappa shape index (κ1) is 25.1. The van der Waals surface area contributed by atoms with Crippen LogP contribution in [-0.2, 0) is 14.8 Å². The lowest BCUT2D eigenvalue weighted by Gasteiger charge is -2.16. The summed E-state index contributed by atoms with van der Waals surface area (Å²) in [4.78, 5) is 24.9. The lowest BCUT2D eigenvalue weighted by Crippen LogP contribution is -2.32. The van der Waals surface area contributed by atoms with Crippen molar-refractivity contribution in [3.8, 4) is 0 Å². The molecule has 0 bridgehead atoms. The van der Waals surface area contributed by atoms with E-state index < -0.39 is 10.0 Å². The van der Waals surface area contributed by atoms with Crippen molar-refractivity contribution in [3.05, 3.63) is 95.1 Å². The number of aryl methyl sites for hydroxylation is 2. The van der Waals surface area contributed by atoms with Gasteiger partial charge in [-0.3, -0.25) is 9.59 Å². The summed E-state index contributed by atoms with van der Waals surface area (Å²) in [6, 6.07) is 20.7. The Balaban J connectivity index is 1.52. The van der Waals surface area contributed by atoms with Crippen molar-refractivity contribution in [2.75, 3.05) is 11.9 Å². The molecule has 2 amide bonds. The molecule has 0 aliphatic heterocycles. The molecule has 1 atom stereocenters. The van der Waals surface area contributed by atoms with Crippen LogP contribution in [0.4, 0.5) is 5.69 Å². The molecular weight excluding hydrogens is 450 g/mol. The Morgan fingerprint density at radius 1 is 0.882 bits per heavy atom. The molecule has 7 nitrogen and oxygen atoms in total. The third-order valence-corrected chi connectivity index (χ3v) is 6.95. The largest absolute Gasteiger partial charge is 0.350 e. The molecule has 3 N–H and O–H groups in total. The normalized spacial score (nSPS) is 12.1. The van der Waals surface area contributed by atoms with Gasteiger partial charge in [-0.1, -0.05) is 36.4 Å². The summed E-state index contributed by atoms with van der Waals surface area (Å²) in [7, 11) is -3.69. The van der Waals surface area contributed by atoms with E-state index in [2.05, 4.69) is 15.4 Å². The molecule has 8 heteroatoms. The predicted molar refractivity (Wildman–Crippen MR) is 133 cm³/mol. The fourth-order valence-electron chi connectivity index (χ4n) is 3.34. The molecule has 1 unspecified atom stereocenters. The molecule has 0 radical (unpaired) electrons. The van der Waals surface area contributed by atoms with Crippen molar-refractivity contribution in [2.45, 2.75) is 38.1 Å². The minimum Gasteiger partial charge on any atom is -0.350 e. The number of carbonyl (C=O) groups excluding carboxylic acids is 2. The highest BCUT2D eigenvalue weighted by Crippen LogP contribution is 2.19. The minimum absolute atomic E-state index is 0.00114. The van der Waals surface area contributed by atoms with Gasteiger partial charge in [-0.15, -0.1) is 0 Å². The Labute approximate surface area is 200 Å². The number of benzene rings is 3. The molecule has 0 aliphatic carbocycles. The zero-order chi connectivity index (χ0) is 24.7. The molecule has 178 valence electrons. The van der Waals surface area contributed by atoms with E-state index in [9.17, 15) is 18.0 Å². The topological polar surface area (TPSA) is 104 Å². The van der Waals surface area contributed by atoms with E-state index in [0.29, 0.717) is 11.3 Å². The molecule has 3 aromatic carbocycles. The maximum Gasteiger partial charge on any atom is 0.255 e. The summed E-state index contributed by atoms with van der Waals surface area (Å²) in [6.45, 7) is 5.58. The highest BCUT2D eigenvalue weighted by molar-refractivity contribution is 7.89. The van der Waals surface area contributed by atoms with Crippen LogP contribution in [0.25, 0.3) is 0 Å². The van der Waals surface area contributed by atoms with Crippen LogP contribution in [0, 0.1) is 13.8 Å². The summed E-state index contributed by atoms with van der Waals surface area (Å²) >= 11 is 0. The molecule has 34 heavy (non-hydrogen) atoms. The van der Waals surface area contributed by atoms with E-state index in [1.807, 2.05) is 32.9 Å². The summed E-state index contributed by atoms with van der Waals surface area (Å²) in [6.07, 6.45) is -0.00114. The van der Waals surface area contributed by atoms with Crippen LogP contribution in [0.2, 0.25) is 0 Å². The van der Waals surface area contributed by atoms with E-state index in [1.54, 1.807) is 60.7 Å². The van der Waals surface area contributed by atoms with Crippen LogP contribution in [0.1, 0.15) is 46.4 Å². The van der Waals surface area contributed by atoms with Gasteiger partial charge in [0.05, 0.1) is 10.9 Å². The molecule has 0 saturated heterocycles. The Morgan fingerprint density at radius 3 is 2.32 bits per heavy atom. The number of hydrogen-bond donors (Lipinski definition) is 3. The van der Waals surface area contributed by atoms with Gasteiger partial charge in [-0.2, -0.15) is 0 Å². The molecular formula is C26H29N3O4S. The summed E-state index contributed by atoms with van der Waals surface area (Å²) < 4.78 is 27.4. The zero-order valence-electron chi connectivity index (χ0n) is 19.5. The Morgan fingerprint density at radius 2 is 1.62 bits per heavy atom. The maximum atomic E-state index is 12.5. The molecule has 0 saturated carbocycles. The average molecular weight is 480 g/mol. The lowest BCUT2D eigenvalue weighted by atomic mass is 10.1. The first-order valence-corrected chi connectivity index (χ1v) is 12.5. The van der Waals surface area contributed by atoms with E-state index in [-0.39, 0.29) is 35.7 Å². The number of hydrogen-bond acceptors (Lipinski definition) is 4. The monoisotopic (exact) mass is 479 g/mol. The van der Waals surface area contributed by atoms with Crippen molar-refractivity contribution >= 4 is 27.5 Å². The predicted octanol–water partition coefficient (Wildman–Crippen LogP) is 4.10. The maximum absolute atomic E-state index is 12.5. The number of sulfonamides is 1. The Kier molecular flexibility index (Phi) is 8.20. The number of rotatable bonds is 9. The standard InChI is InChI=1S/C26H29N3O4S/c1-18-12-13-24(16-19(18)2)34(32,33)27-15-14-25(30)28-20(3)22-10-7-11-23(17-22)29-26(31)21-8-5-4-6-9-21/h4-13,16-17,20,27H,14-15H2,1-3H3,(H,28,30)(H,29,31). The number of anilines is 1. The first-order chi connectivity index (χ1) is 16.2. The van der Waals surface area contributed by atoms with Gasteiger partial charge in [0.15, 0.2) is 0 Å². The van der Waals surface area contributed by atoms with E-state index >= 15 is 0 Å². The Hall–Kier alpha value is -3.49. The van der Waals surface area contributed by atoms with Gasteiger partial charge in [0.1, 0.15) is 0 Å². The average Bonchev–Trinajstić information content (AvgIpc) is 2.81. The van der Waals surface area contributed by atoms with Crippen molar-refractivity contribution in [3.63, 3.8) is 0 Å². The van der Waals surface area contributed by atoms with Crippen LogP contribution in [0.5, 0.6) is 0 Å². The highest BCUT2D eigenvalue weighted by Gasteiger charge is 2.16. The first-order valence-electron chi connectivity index (χ1n) is 11.0. The third kappa shape index (κ3) is 6.76. The van der Waals surface area contributed by atoms with E-state index in [4.69, 9.17) is 0 Å². The smallest absolute Gasteiger partial charge is 0.255 e. The molecule has 0 aromatic heterocycles. The van der Waals surface area contributed by atoms with Gasteiger partial charge < -0.3 is 10.6 Å². The van der Waals surface area contributed by atoms with Crippen LogP contribution in [0.15, 0.2) is 77.7 Å². The summed E-state index contributed by atoms with van der Waals surface area (Å²) in [5.74, 6) is -0.500. The van der Waals surface area contributed by atoms with Gasteiger partial charge >= 0.3 is 0 Å².